The second-order valence-corrected chi connectivity index (χ2v) is 5.50. The van der Waals surface area contributed by atoms with Crippen molar-refractivity contribution in [3.63, 3.8) is 0 Å². The summed E-state index contributed by atoms with van der Waals surface area (Å²) in [5, 5.41) is 0. The minimum Gasteiger partial charge on any atom is -0.378 e. The number of morpholine rings is 1. The fourth-order valence-corrected chi connectivity index (χ4v) is 2.56. The summed E-state index contributed by atoms with van der Waals surface area (Å²) < 4.78 is 5.20. The van der Waals surface area contributed by atoms with Crippen LogP contribution in [0.2, 0.25) is 0 Å². The maximum absolute atomic E-state index is 12.1. The number of amides is 1. The van der Waals surface area contributed by atoms with Crippen molar-refractivity contribution in [3.05, 3.63) is 0 Å². The van der Waals surface area contributed by atoms with E-state index in [0.29, 0.717) is 39.1 Å². The second kappa shape index (κ2) is 4.17. The van der Waals surface area contributed by atoms with Crippen LogP contribution in [0.1, 0.15) is 26.7 Å². The van der Waals surface area contributed by atoms with Crippen LogP contribution in [0.5, 0.6) is 0 Å². The van der Waals surface area contributed by atoms with E-state index in [-0.39, 0.29) is 17.1 Å². The molecular formula is C12H19NO3. The zero-order valence-electron chi connectivity index (χ0n) is 9.99. The van der Waals surface area contributed by atoms with Crippen molar-refractivity contribution < 1.29 is 14.3 Å². The van der Waals surface area contributed by atoms with Crippen molar-refractivity contribution in [2.75, 3.05) is 26.3 Å². The summed E-state index contributed by atoms with van der Waals surface area (Å²) in [7, 11) is 0. The van der Waals surface area contributed by atoms with E-state index in [9.17, 15) is 9.59 Å². The first-order valence-corrected chi connectivity index (χ1v) is 5.89. The number of Topliss-reactive ketones (excluding diaryl/α,β-unsaturated/α-hetero) is 1. The van der Waals surface area contributed by atoms with Gasteiger partial charge < -0.3 is 9.64 Å². The number of hydrogen-bond donors (Lipinski definition) is 0. The molecule has 90 valence electrons. The molecule has 4 nitrogen and oxygen atoms in total. The van der Waals surface area contributed by atoms with Gasteiger partial charge in [0.1, 0.15) is 5.78 Å². The second-order valence-electron chi connectivity index (χ2n) is 5.50. The molecule has 1 aliphatic heterocycles. The lowest BCUT2D eigenvalue weighted by molar-refractivity contribution is -0.143. The standard InChI is InChI=1S/C12H19NO3/c1-12(2)7-9(10(14)8-12)11(15)13-3-5-16-6-4-13/h9H,3-8H2,1-2H3. The smallest absolute Gasteiger partial charge is 0.233 e. The van der Waals surface area contributed by atoms with E-state index in [0.717, 1.165) is 0 Å². The molecule has 0 aromatic heterocycles. The Hall–Kier alpha value is -0.900. The van der Waals surface area contributed by atoms with Crippen LogP contribution in [0.3, 0.4) is 0 Å². The van der Waals surface area contributed by atoms with Crippen molar-refractivity contribution in [3.8, 4) is 0 Å². The number of nitrogens with zero attached hydrogens (tertiary/aromatic N) is 1. The quantitative estimate of drug-likeness (QED) is 0.622. The third-order valence-electron chi connectivity index (χ3n) is 3.42. The molecule has 1 unspecified atom stereocenters. The molecule has 2 rings (SSSR count). The topological polar surface area (TPSA) is 46.6 Å². The lowest BCUT2D eigenvalue weighted by Gasteiger charge is -2.29. The third-order valence-corrected chi connectivity index (χ3v) is 3.42. The molecule has 1 heterocycles. The van der Waals surface area contributed by atoms with Crippen LogP contribution in [-0.2, 0) is 14.3 Å². The predicted molar refractivity (Wildman–Crippen MR) is 58.9 cm³/mol. The molecule has 1 saturated heterocycles. The zero-order valence-corrected chi connectivity index (χ0v) is 9.99. The van der Waals surface area contributed by atoms with Crippen LogP contribution in [0, 0.1) is 11.3 Å². The zero-order chi connectivity index (χ0) is 11.8. The van der Waals surface area contributed by atoms with Crippen LogP contribution in [0.15, 0.2) is 0 Å². The summed E-state index contributed by atoms with van der Waals surface area (Å²) in [6.45, 7) is 6.55. The van der Waals surface area contributed by atoms with Gasteiger partial charge in [-0.15, -0.1) is 0 Å². The Labute approximate surface area is 95.9 Å². The molecule has 2 fully saturated rings. The number of ether oxygens (including phenoxy) is 1. The lowest BCUT2D eigenvalue weighted by atomic mass is 9.90. The van der Waals surface area contributed by atoms with Crippen LogP contribution in [0.4, 0.5) is 0 Å². The molecule has 16 heavy (non-hydrogen) atoms. The average Bonchev–Trinajstić information content (AvgIpc) is 2.52. The fraction of sp³-hybridized carbons (Fsp3) is 0.833. The summed E-state index contributed by atoms with van der Waals surface area (Å²) in [4.78, 5) is 25.7. The number of ketones is 1. The average molecular weight is 225 g/mol. The Balaban J connectivity index is 2.02. The van der Waals surface area contributed by atoms with Gasteiger partial charge in [-0.1, -0.05) is 13.8 Å². The lowest BCUT2D eigenvalue weighted by Crippen LogP contribution is -2.44. The summed E-state index contributed by atoms with van der Waals surface area (Å²) in [6.07, 6.45) is 1.23. The van der Waals surface area contributed by atoms with E-state index in [1.165, 1.54) is 0 Å². The monoisotopic (exact) mass is 225 g/mol. The van der Waals surface area contributed by atoms with Gasteiger partial charge in [0.15, 0.2) is 0 Å². The molecular weight excluding hydrogens is 206 g/mol. The van der Waals surface area contributed by atoms with Crippen molar-refractivity contribution in [2.24, 2.45) is 11.3 Å². The highest BCUT2D eigenvalue weighted by Crippen LogP contribution is 2.39. The molecule has 4 heteroatoms. The van der Waals surface area contributed by atoms with Gasteiger partial charge in [0.05, 0.1) is 19.1 Å². The Morgan fingerprint density at radius 1 is 1.38 bits per heavy atom. The molecule has 1 atom stereocenters. The van der Waals surface area contributed by atoms with Crippen molar-refractivity contribution in [2.45, 2.75) is 26.7 Å². The Morgan fingerprint density at radius 2 is 2.00 bits per heavy atom. The molecule has 0 aromatic carbocycles. The third kappa shape index (κ3) is 2.26. The first kappa shape index (κ1) is 11.6. The van der Waals surface area contributed by atoms with E-state index in [1.54, 1.807) is 4.90 Å². The van der Waals surface area contributed by atoms with Gasteiger partial charge >= 0.3 is 0 Å². The summed E-state index contributed by atoms with van der Waals surface area (Å²) in [6, 6.07) is 0. The van der Waals surface area contributed by atoms with Crippen molar-refractivity contribution >= 4 is 11.7 Å². The first-order chi connectivity index (χ1) is 7.49. The van der Waals surface area contributed by atoms with Crippen LogP contribution < -0.4 is 0 Å². The van der Waals surface area contributed by atoms with E-state index >= 15 is 0 Å². The van der Waals surface area contributed by atoms with Crippen molar-refractivity contribution in [1.82, 2.24) is 4.90 Å². The summed E-state index contributed by atoms with van der Waals surface area (Å²) in [5.41, 5.74) is -0.0102. The summed E-state index contributed by atoms with van der Waals surface area (Å²) >= 11 is 0. The molecule has 0 bridgehead atoms. The highest BCUT2D eigenvalue weighted by Gasteiger charge is 2.43. The number of carbonyl (C=O) groups excluding carboxylic acids is 2. The minimum atomic E-state index is -0.395. The molecule has 0 aromatic rings. The highest BCUT2D eigenvalue weighted by molar-refractivity contribution is 6.03. The minimum absolute atomic E-state index is 0.0102. The molecule has 1 amide bonds. The first-order valence-electron chi connectivity index (χ1n) is 5.89. The van der Waals surface area contributed by atoms with Crippen molar-refractivity contribution in [1.29, 1.82) is 0 Å². The predicted octanol–water partition coefficient (Wildman–Crippen LogP) is 0.851. The van der Waals surface area contributed by atoms with Crippen LogP contribution in [-0.4, -0.2) is 42.9 Å². The molecule has 1 saturated carbocycles. The number of hydrogen-bond acceptors (Lipinski definition) is 3. The molecule has 0 N–H and O–H groups in total. The van der Waals surface area contributed by atoms with E-state index in [1.807, 2.05) is 0 Å². The van der Waals surface area contributed by atoms with E-state index in [2.05, 4.69) is 13.8 Å². The maximum Gasteiger partial charge on any atom is 0.233 e. The Bertz CT molecular complexity index is 305. The van der Waals surface area contributed by atoms with Gasteiger partial charge in [0, 0.05) is 19.5 Å². The Morgan fingerprint density at radius 3 is 2.50 bits per heavy atom. The maximum atomic E-state index is 12.1. The van der Waals surface area contributed by atoms with Crippen LogP contribution in [0.25, 0.3) is 0 Å². The van der Waals surface area contributed by atoms with E-state index < -0.39 is 5.92 Å². The largest absolute Gasteiger partial charge is 0.378 e. The Kier molecular flexibility index (Phi) is 3.02. The number of carbonyl (C=O) groups is 2. The fourth-order valence-electron chi connectivity index (χ4n) is 2.56. The van der Waals surface area contributed by atoms with Gasteiger partial charge in [-0.25, -0.2) is 0 Å². The normalized spacial score (nSPS) is 29.5. The van der Waals surface area contributed by atoms with Gasteiger partial charge in [-0.05, 0) is 11.8 Å². The van der Waals surface area contributed by atoms with Gasteiger partial charge in [-0.3, -0.25) is 9.59 Å². The summed E-state index contributed by atoms with van der Waals surface area (Å²) in [5.74, 6) is -0.270. The van der Waals surface area contributed by atoms with Gasteiger partial charge in [0.2, 0.25) is 5.91 Å². The SMILES string of the molecule is CC1(C)CC(=O)C(C(=O)N2CCOCC2)C1. The molecule has 0 spiro atoms. The number of rotatable bonds is 1. The molecule has 2 aliphatic rings. The molecule has 0 radical (unpaired) electrons. The van der Waals surface area contributed by atoms with Crippen LogP contribution >= 0.6 is 0 Å². The van der Waals surface area contributed by atoms with E-state index in [4.69, 9.17) is 4.74 Å². The molecule has 1 aliphatic carbocycles. The van der Waals surface area contributed by atoms with Gasteiger partial charge in [-0.2, -0.15) is 0 Å². The highest BCUT2D eigenvalue weighted by atomic mass is 16.5. The van der Waals surface area contributed by atoms with Gasteiger partial charge in [0.25, 0.3) is 0 Å².